The molecule has 1 saturated heterocycles. The molecule has 0 bridgehead atoms. The van der Waals surface area contributed by atoms with Gasteiger partial charge in [0.25, 0.3) is 0 Å². The molecule has 3 rings (SSSR count). The monoisotopic (exact) mass is 1790 g/mol. The number of aliphatic carboxylic acids is 2. The molecule has 0 aliphatic carbocycles. The van der Waals surface area contributed by atoms with Crippen molar-refractivity contribution in [2.75, 3.05) is 52.5 Å². The molecular formula is C77H118N24O26. The van der Waals surface area contributed by atoms with E-state index in [-0.39, 0.29) is 71.0 Å². The summed E-state index contributed by atoms with van der Waals surface area (Å²) in [5, 5.41) is 94.7. The number of carboxylic acids is 2. The third-order valence-electron chi connectivity index (χ3n) is 19.4. The van der Waals surface area contributed by atoms with E-state index >= 15 is 0 Å². The Labute approximate surface area is 728 Å². The number of aliphatic hydroxyl groups is 3. The number of nitrogens with two attached hydrogens (primary N) is 6. The highest BCUT2D eigenvalue weighted by molar-refractivity contribution is 6.02. The molecule has 1 heterocycles. The van der Waals surface area contributed by atoms with Crippen LogP contribution >= 0.6 is 0 Å². The third kappa shape index (κ3) is 39.4. The molecule has 19 amide bonds. The van der Waals surface area contributed by atoms with Gasteiger partial charge in [0.05, 0.1) is 57.7 Å². The zero-order valence-corrected chi connectivity index (χ0v) is 70.5. The normalized spacial score (nSPS) is 15.7. The molecule has 0 aromatic heterocycles. The minimum absolute atomic E-state index is 0.0330. The van der Waals surface area contributed by atoms with Crippen molar-refractivity contribution < 1.29 is 126 Å². The van der Waals surface area contributed by atoms with Gasteiger partial charge < -0.3 is 150 Å². The van der Waals surface area contributed by atoms with Crippen LogP contribution in [0, 0.1) is 11.3 Å². The molecule has 0 radical (unpaired) electrons. The average Bonchev–Trinajstić information content (AvgIpc) is 1.79. The first-order valence-electron chi connectivity index (χ1n) is 40.5. The highest BCUT2D eigenvalue weighted by Crippen LogP contribution is 2.20. The number of benzene rings is 2. The first-order chi connectivity index (χ1) is 59.9. The Kier molecular flexibility index (Phi) is 47.1. The van der Waals surface area contributed by atoms with E-state index in [1.54, 1.807) is 50.2 Å². The van der Waals surface area contributed by atoms with Crippen LogP contribution in [-0.2, 0) is 114 Å². The molecule has 127 heavy (non-hydrogen) atoms. The summed E-state index contributed by atoms with van der Waals surface area (Å²) in [7, 11) is 0. The number of carboxylic acid groups (broad SMARTS) is 2. The Morgan fingerprint density at radius 3 is 1.32 bits per heavy atom. The molecule has 702 valence electrons. The molecule has 34 N–H and O–H groups in total. The SMILES string of the molecule is CC[C@H](C)[C@H](NC(=O)[C@H](C)N)C(=O)N[C@@H](CO)C(=O)N1CCC[C@H]1C(=O)NCC(=O)N[C@@H](CC(N)=O)C(=O)NCC(=O)N[C@@H](CC(=O)O)C(=O)N[C@H](C(=O)N[C@@H](CO)C(=O)N[C@@H](Cc1ccccc1)C(=O)N[C@@H](CC(N)=O)C(=O)N[C@@H](CCC(N)=O)C(=O)N[C@@H](CCCCN)C(=O)N[C@@H](Cc1ccccc1)C(=O)N[C@@H](CCCNC(=N)N)C(=O)NCC(=O)O)[C@@H](C)O. The number of carbonyl (C=O) groups is 21. The van der Waals surface area contributed by atoms with Gasteiger partial charge in [0, 0.05) is 32.4 Å². The Morgan fingerprint density at radius 1 is 0.441 bits per heavy atom. The molecule has 50 heteroatoms. The fourth-order valence-corrected chi connectivity index (χ4v) is 12.5. The van der Waals surface area contributed by atoms with Crippen LogP contribution in [0.5, 0.6) is 0 Å². The minimum Gasteiger partial charge on any atom is -0.481 e. The summed E-state index contributed by atoms with van der Waals surface area (Å²) < 4.78 is 0. The topological polar surface area (TPSA) is 835 Å². The van der Waals surface area contributed by atoms with E-state index in [0.29, 0.717) is 17.5 Å². The minimum atomic E-state index is -2.19. The lowest BCUT2D eigenvalue weighted by atomic mass is 9.97. The summed E-state index contributed by atoms with van der Waals surface area (Å²) in [4.78, 5) is 282. The van der Waals surface area contributed by atoms with Gasteiger partial charge >= 0.3 is 11.9 Å². The van der Waals surface area contributed by atoms with E-state index in [9.17, 15) is 126 Å². The van der Waals surface area contributed by atoms with E-state index in [0.717, 1.165) is 11.8 Å². The van der Waals surface area contributed by atoms with Crippen molar-refractivity contribution in [2.24, 2.45) is 40.3 Å². The number of unbranched alkanes of at least 4 members (excludes halogenated alkanes) is 1. The lowest BCUT2D eigenvalue weighted by Crippen LogP contribution is -2.62. The number of nitrogens with zero attached hydrogens (tertiary/aromatic N) is 1. The molecule has 0 saturated carbocycles. The number of guanidine groups is 1. The Balaban J connectivity index is 1.83. The van der Waals surface area contributed by atoms with Crippen LogP contribution in [0.1, 0.15) is 122 Å². The molecule has 2 aromatic rings. The zero-order valence-electron chi connectivity index (χ0n) is 70.5. The van der Waals surface area contributed by atoms with Gasteiger partial charge in [-0.1, -0.05) is 80.9 Å². The Morgan fingerprint density at radius 2 is 0.850 bits per heavy atom. The summed E-state index contributed by atoms with van der Waals surface area (Å²) in [5.74, 6) is -25.6. The number of aliphatic hydroxyl groups excluding tert-OH is 3. The maximum absolute atomic E-state index is 14.5. The maximum atomic E-state index is 14.5. The first-order valence-corrected chi connectivity index (χ1v) is 40.5. The second-order valence-electron chi connectivity index (χ2n) is 29.8. The Bertz CT molecular complexity index is 4190. The summed E-state index contributed by atoms with van der Waals surface area (Å²) in [6, 6.07) is -7.93. The number of amides is 19. The first kappa shape index (κ1) is 108. The van der Waals surface area contributed by atoms with Gasteiger partial charge in [-0.3, -0.25) is 106 Å². The summed E-state index contributed by atoms with van der Waals surface area (Å²) in [6.45, 7) is 0.725. The molecule has 50 nitrogen and oxygen atoms in total. The van der Waals surface area contributed by atoms with Crippen LogP contribution < -0.4 is 119 Å². The van der Waals surface area contributed by atoms with E-state index < -0.39 is 298 Å². The number of carbonyl (C=O) groups excluding carboxylic acids is 19. The highest BCUT2D eigenvalue weighted by Gasteiger charge is 2.42. The molecule has 0 unspecified atom stereocenters. The number of hydrogen-bond acceptors (Lipinski definition) is 27. The van der Waals surface area contributed by atoms with E-state index in [2.05, 4.69) is 74.4 Å². The average molecular weight is 1800 g/mol. The van der Waals surface area contributed by atoms with Gasteiger partial charge in [-0.25, -0.2) is 0 Å². The largest absolute Gasteiger partial charge is 0.481 e. The van der Waals surface area contributed by atoms with Crippen LogP contribution in [0.3, 0.4) is 0 Å². The molecule has 1 aliphatic rings. The predicted octanol–water partition coefficient (Wildman–Crippen LogP) is -12.6. The molecule has 0 spiro atoms. The van der Waals surface area contributed by atoms with E-state index in [4.69, 9.17) is 39.8 Å². The standard InChI is InChI=1S/C77H118N24O26/c1-5-38(2)61(99-63(114)39(3)79)74(125)98-52(37-103)76(127)101-27-15-22-53(101)73(124)87-34-58(109)89-48(30-55(81)106)65(116)86-33-57(108)90-50(32-59(110)111)71(122)100-62(40(4)104)75(126)97-51(36-102)72(123)95-47(29-42-18-10-7-11-19-42)69(120)96-49(31-56(82)107)70(121)93-45(23-24-54(80)105)67(118)92-44(20-12-13-25-78)66(117)94-46(28-41-16-8-6-9-17-41)68(119)91-43(21-14-26-85-77(83)84)64(115)88-35-60(112)113/h6-11,16-19,38-40,43-53,61-62,102-104H,5,12-15,20-37,78-79H2,1-4H3,(H2,80,105)(H2,81,106)(H2,82,107)(H,86,116)(H,87,124)(H,88,115)(H,89,109)(H,90,108)(H,91,119)(H,92,118)(H,93,121)(H,94,117)(H,95,123)(H,96,120)(H,97,126)(H,98,125)(H,99,114)(H,100,122)(H,110,111)(H,112,113)(H4,83,84,85)/t38-,39-,40+,43-,44-,45-,46-,47-,48-,49-,50-,51-,52-,53-,61-,62-/m0/s1. The van der Waals surface area contributed by atoms with Gasteiger partial charge in [0.2, 0.25) is 112 Å². The summed E-state index contributed by atoms with van der Waals surface area (Å²) in [6.07, 6.45) is -6.23. The van der Waals surface area contributed by atoms with Gasteiger partial charge in [-0.05, 0) is 88.8 Å². The van der Waals surface area contributed by atoms with Gasteiger partial charge in [0.15, 0.2) is 5.96 Å². The van der Waals surface area contributed by atoms with Crippen LogP contribution in [0.15, 0.2) is 60.7 Å². The fraction of sp³-hybridized carbons (Fsp3) is 0.558. The third-order valence-corrected chi connectivity index (χ3v) is 19.4. The lowest BCUT2D eigenvalue weighted by Gasteiger charge is -2.30. The second kappa shape index (κ2) is 55.6. The number of primary amides is 3. The van der Waals surface area contributed by atoms with Crippen molar-refractivity contribution in [3.63, 3.8) is 0 Å². The van der Waals surface area contributed by atoms with Crippen molar-refractivity contribution in [2.45, 2.75) is 215 Å². The molecular weight excluding hydrogens is 1680 g/mol. The maximum Gasteiger partial charge on any atom is 0.322 e. The van der Waals surface area contributed by atoms with Crippen molar-refractivity contribution in [3.8, 4) is 0 Å². The molecule has 16 atom stereocenters. The second-order valence-corrected chi connectivity index (χ2v) is 29.8. The molecule has 1 fully saturated rings. The molecule has 1 aliphatic heterocycles. The van der Waals surface area contributed by atoms with E-state index in [1.165, 1.54) is 31.2 Å². The van der Waals surface area contributed by atoms with Crippen molar-refractivity contribution in [3.05, 3.63) is 71.8 Å². The van der Waals surface area contributed by atoms with Gasteiger partial charge in [0.1, 0.15) is 85.1 Å². The van der Waals surface area contributed by atoms with Crippen LogP contribution in [0.2, 0.25) is 0 Å². The zero-order chi connectivity index (χ0) is 95.3. The van der Waals surface area contributed by atoms with Gasteiger partial charge in [-0.2, -0.15) is 0 Å². The van der Waals surface area contributed by atoms with Crippen LogP contribution in [-0.4, -0.2) is 304 Å². The lowest BCUT2D eigenvalue weighted by molar-refractivity contribution is -0.143. The smallest absolute Gasteiger partial charge is 0.322 e. The number of nitrogens with one attached hydrogen (secondary N) is 17. The fourth-order valence-electron chi connectivity index (χ4n) is 12.5. The highest BCUT2D eigenvalue weighted by atomic mass is 16.4. The van der Waals surface area contributed by atoms with Crippen molar-refractivity contribution >= 4 is 130 Å². The number of rotatable bonds is 58. The quantitative estimate of drug-likeness (QED) is 0.0166. The summed E-state index contributed by atoms with van der Waals surface area (Å²) >= 11 is 0. The number of hydrogen-bond donors (Lipinski definition) is 28. The van der Waals surface area contributed by atoms with E-state index in [1.807, 2.05) is 10.6 Å². The summed E-state index contributed by atoms with van der Waals surface area (Å²) in [5.41, 5.74) is 34.0. The molecule has 2 aromatic carbocycles. The van der Waals surface area contributed by atoms with Crippen LogP contribution in [0.4, 0.5) is 0 Å². The van der Waals surface area contributed by atoms with Crippen LogP contribution in [0.25, 0.3) is 0 Å². The predicted molar refractivity (Wildman–Crippen MR) is 444 cm³/mol. The Hall–Kier alpha value is -13.6. The van der Waals surface area contributed by atoms with Crippen molar-refractivity contribution in [1.82, 2.24) is 90.0 Å². The number of likely N-dealkylation sites (tertiary alicyclic amines) is 1. The van der Waals surface area contributed by atoms with Crippen molar-refractivity contribution in [1.29, 1.82) is 5.41 Å². The van der Waals surface area contributed by atoms with Gasteiger partial charge in [-0.15, -0.1) is 0 Å².